The standard InChI is InChI=1S/C47H32/c1-47(2)45-39-21-11-9-19-37(39)42(28-43(45)44-38-20-10-7-16-34(38)35-17-8-12-22-40(35)46(44)47)30-25-23-29(24-26-30)41-27-31-13-3-4-14-32(31)33-15-5-6-18-36(33)41/h3-28H,1-2H3. The number of benzene rings is 9. The second-order valence-corrected chi connectivity index (χ2v) is 13.6. The van der Waals surface area contributed by atoms with E-state index in [1.165, 1.54) is 98.4 Å². The van der Waals surface area contributed by atoms with Crippen molar-refractivity contribution in [2.24, 2.45) is 0 Å². The van der Waals surface area contributed by atoms with Crippen LogP contribution in [-0.2, 0) is 5.41 Å². The molecule has 0 heteroatoms. The van der Waals surface area contributed by atoms with E-state index in [1.807, 2.05) is 0 Å². The Hall–Kier alpha value is -5.72. The molecule has 9 aromatic rings. The number of hydrogen-bond acceptors (Lipinski definition) is 0. The largest absolute Gasteiger partial charge is 0.0616 e. The summed E-state index contributed by atoms with van der Waals surface area (Å²) in [6.45, 7) is 4.85. The highest BCUT2D eigenvalue weighted by Crippen LogP contribution is 2.57. The van der Waals surface area contributed by atoms with E-state index in [4.69, 9.17) is 0 Å². The zero-order valence-corrected chi connectivity index (χ0v) is 26.5. The molecule has 0 bridgehead atoms. The van der Waals surface area contributed by atoms with E-state index in [0.29, 0.717) is 0 Å². The van der Waals surface area contributed by atoms with Crippen LogP contribution in [0.2, 0.25) is 0 Å². The van der Waals surface area contributed by atoms with Crippen molar-refractivity contribution in [3.8, 4) is 33.4 Å². The Bertz CT molecular complexity index is 2740. The third kappa shape index (κ3) is 3.64. The molecule has 220 valence electrons. The predicted molar refractivity (Wildman–Crippen MR) is 202 cm³/mol. The molecule has 1 aliphatic rings. The molecule has 47 heavy (non-hydrogen) atoms. The third-order valence-corrected chi connectivity index (χ3v) is 10.8. The quantitative estimate of drug-likeness (QED) is 0.174. The van der Waals surface area contributed by atoms with Gasteiger partial charge in [-0.15, -0.1) is 0 Å². The fourth-order valence-electron chi connectivity index (χ4n) is 8.80. The first kappa shape index (κ1) is 26.5. The van der Waals surface area contributed by atoms with Gasteiger partial charge in [-0.05, 0) is 111 Å². The van der Waals surface area contributed by atoms with E-state index in [9.17, 15) is 0 Å². The summed E-state index contributed by atoms with van der Waals surface area (Å²) in [5.41, 5.74) is 10.5. The average Bonchev–Trinajstić information content (AvgIpc) is 3.38. The first-order valence-corrected chi connectivity index (χ1v) is 16.6. The maximum absolute atomic E-state index is 2.49. The lowest BCUT2D eigenvalue weighted by Gasteiger charge is -2.25. The summed E-state index contributed by atoms with van der Waals surface area (Å²) in [6.07, 6.45) is 0. The fourth-order valence-corrected chi connectivity index (χ4v) is 8.80. The molecule has 0 nitrogen and oxygen atoms in total. The first-order valence-electron chi connectivity index (χ1n) is 16.6. The van der Waals surface area contributed by atoms with Crippen LogP contribution < -0.4 is 0 Å². The van der Waals surface area contributed by atoms with Crippen LogP contribution in [0.15, 0.2) is 158 Å². The van der Waals surface area contributed by atoms with Crippen LogP contribution in [0.3, 0.4) is 0 Å². The summed E-state index contributed by atoms with van der Waals surface area (Å²) in [5, 5.41) is 13.2. The molecule has 0 fully saturated rings. The van der Waals surface area contributed by atoms with E-state index < -0.39 is 0 Å². The van der Waals surface area contributed by atoms with Crippen LogP contribution in [0.25, 0.3) is 87.2 Å². The van der Waals surface area contributed by atoms with Crippen molar-refractivity contribution >= 4 is 53.9 Å². The van der Waals surface area contributed by atoms with Crippen LogP contribution in [0.1, 0.15) is 25.0 Å². The molecule has 1 aliphatic carbocycles. The minimum absolute atomic E-state index is 0.145. The van der Waals surface area contributed by atoms with Crippen molar-refractivity contribution in [2.75, 3.05) is 0 Å². The molecule has 0 aliphatic heterocycles. The van der Waals surface area contributed by atoms with E-state index >= 15 is 0 Å². The highest BCUT2D eigenvalue weighted by atomic mass is 14.4. The molecule has 0 aromatic heterocycles. The second-order valence-electron chi connectivity index (χ2n) is 13.6. The van der Waals surface area contributed by atoms with Gasteiger partial charge in [0.1, 0.15) is 0 Å². The predicted octanol–water partition coefficient (Wildman–Crippen LogP) is 13.1. The summed E-state index contributed by atoms with van der Waals surface area (Å²) >= 11 is 0. The van der Waals surface area contributed by atoms with Gasteiger partial charge in [-0.3, -0.25) is 0 Å². The van der Waals surface area contributed by atoms with Crippen LogP contribution in [-0.4, -0.2) is 0 Å². The van der Waals surface area contributed by atoms with Gasteiger partial charge in [-0.2, -0.15) is 0 Å². The molecule has 0 N–H and O–H groups in total. The zero-order valence-electron chi connectivity index (χ0n) is 26.5. The highest BCUT2D eigenvalue weighted by molar-refractivity contribution is 6.20. The minimum atomic E-state index is -0.145. The molecule has 0 heterocycles. The van der Waals surface area contributed by atoms with Crippen LogP contribution >= 0.6 is 0 Å². The lowest BCUT2D eigenvalue weighted by Crippen LogP contribution is -2.16. The second kappa shape index (κ2) is 9.64. The van der Waals surface area contributed by atoms with Crippen molar-refractivity contribution in [3.05, 3.63) is 169 Å². The Balaban J connectivity index is 1.22. The number of fused-ring (bicyclic) bond motifs is 13. The van der Waals surface area contributed by atoms with E-state index in [0.717, 1.165) is 0 Å². The van der Waals surface area contributed by atoms with Gasteiger partial charge >= 0.3 is 0 Å². The Kier molecular flexibility index (Phi) is 5.44. The normalized spacial score (nSPS) is 13.5. The van der Waals surface area contributed by atoms with Crippen molar-refractivity contribution in [1.29, 1.82) is 0 Å². The molecule has 0 radical (unpaired) electrons. The third-order valence-electron chi connectivity index (χ3n) is 10.8. The average molecular weight is 597 g/mol. The topological polar surface area (TPSA) is 0 Å². The summed E-state index contributed by atoms with van der Waals surface area (Å²) < 4.78 is 0. The monoisotopic (exact) mass is 596 g/mol. The summed E-state index contributed by atoms with van der Waals surface area (Å²) in [7, 11) is 0. The van der Waals surface area contributed by atoms with Gasteiger partial charge in [0.25, 0.3) is 0 Å². The fraction of sp³-hybridized carbons (Fsp3) is 0.0638. The smallest absolute Gasteiger partial charge is 0.0171 e. The molecule has 0 saturated heterocycles. The molecule has 0 atom stereocenters. The Labute approximate surface area is 274 Å². The van der Waals surface area contributed by atoms with Gasteiger partial charge in [0.15, 0.2) is 0 Å². The maximum Gasteiger partial charge on any atom is 0.0171 e. The molecule has 9 aromatic carbocycles. The van der Waals surface area contributed by atoms with Crippen LogP contribution in [0.5, 0.6) is 0 Å². The minimum Gasteiger partial charge on any atom is -0.0616 e. The van der Waals surface area contributed by atoms with Crippen molar-refractivity contribution in [3.63, 3.8) is 0 Å². The highest BCUT2D eigenvalue weighted by Gasteiger charge is 2.40. The van der Waals surface area contributed by atoms with Gasteiger partial charge < -0.3 is 0 Å². The lowest BCUT2D eigenvalue weighted by atomic mass is 9.77. The number of rotatable bonds is 2. The van der Waals surface area contributed by atoms with Crippen molar-refractivity contribution in [1.82, 2.24) is 0 Å². The molecule has 0 amide bonds. The summed E-state index contributed by atoms with van der Waals surface area (Å²) in [6, 6.07) is 58.7. The van der Waals surface area contributed by atoms with Gasteiger partial charge in [0.2, 0.25) is 0 Å². The number of hydrogen-bond donors (Lipinski definition) is 0. The Morgan fingerprint density at radius 2 is 0.723 bits per heavy atom. The van der Waals surface area contributed by atoms with Crippen molar-refractivity contribution < 1.29 is 0 Å². The van der Waals surface area contributed by atoms with Crippen LogP contribution in [0.4, 0.5) is 0 Å². The molecular weight excluding hydrogens is 565 g/mol. The van der Waals surface area contributed by atoms with Crippen LogP contribution in [0, 0.1) is 0 Å². The molecular formula is C47H32. The summed E-state index contributed by atoms with van der Waals surface area (Å²) in [4.78, 5) is 0. The zero-order chi connectivity index (χ0) is 31.3. The van der Waals surface area contributed by atoms with Gasteiger partial charge in [-0.25, -0.2) is 0 Å². The van der Waals surface area contributed by atoms with E-state index in [1.54, 1.807) is 0 Å². The summed E-state index contributed by atoms with van der Waals surface area (Å²) in [5.74, 6) is 0. The Morgan fingerprint density at radius 3 is 1.34 bits per heavy atom. The first-order chi connectivity index (χ1) is 23.1. The maximum atomic E-state index is 2.49. The van der Waals surface area contributed by atoms with E-state index in [-0.39, 0.29) is 5.41 Å². The lowest BCUT2D eigenvalue weighted by molar-refractivity contribution is 0.672. The van der Waals surface area contributed by atoms with Gasteiger partial charge in [-0.1, -0.05) is 159 Å². The molecule has 0 spiro atoms. The SMILES string of the molecule is CC1(C)c2c(cc(-c3ccc(-c4cc5ccccc5c5ccccc45)cc3)c3ccccc23)-c2c1c1ccccc1c1ccccc21. The van der Waals surface area contributed by atoms with Gasteiger partial charge in [0, 0.05) is 5.41 Å². The Morgan fingerprint density at radius 1 is 0.319 bits per heavy atom. The molecule has 10 rings (SSSR count). The van der Waals surface area contributed by atoms with E-state index in [2.05, 4.69) is 172 Å². The molecule has 0 saturated carbocycles. The van der Waals surface area contributed by atoms with Crippen molar-refractivity contribution in [2.45, 2.75) is 19.3 Å². The van der Waals surface area contributed by atoms with Gasteiger partial charge in [0.05, 0.1) is 0 Å². The molecule has 0 unspecified atom stereocenters.